The number of rotatable bonds is 9. The zero-order chi connectivity index (χ0) is 27.3. The first-order chi connectivity index (χ1) is 18.2. The molecule has 0 fully saturated rings. The van der Waals surface area contributed by atoms with E-state index in [0.717, 1.165) is 23.3 Å². The van der Waals surface area contributed by atoms with Gasteiger partial charge in [0.05, 0.1) is 32.2 Å². The van der Waals surface area contributed by atoms with Gasteiger partial charge in [0.1, 0.15) is 22.2 Å². The maximum Gasteiger partial charge on any atom is 1.00 e. The van der Waals surface area contributed by atoms with Crippen molar-refractivity contribution in [2.45, 2.75) is 18.0 Å². The molecule has 198 valence electrons. The van der Waals surface area contributed by atoms with Gasteiger partial charge in [-0.2, -0.15) is 18.6 Å². The minimum absolute atomic E-state index is 0. The largest absolute Gasteiger partial charge is 1.00 e. The first kappa shape index (κ1) is 30.0. The third kappa shape index (κ3) is 7.11. The fourth-order valence-electron chi connectivity index (χ4n) is 3.67. The SMILES string of the molecule is COc1ccc(CNN=c2c(=O)c(=O)c(=NNCc3ccc(OC)cc3)c3cc(S(=O)(=O)O)ccc23)cc1.[H-].[Na+]. The van der Waals surface area contributed by atoms with Crippen LogP contribution in [0, 0.1) is 0 Å². The molecule has 3 N–H and O–H groups in total. The van der Waals surface area contributed by atoms with Crippen molar-refractivity contribution in [2.24, 2.45) is 10.2 Å². The van der Waals surface area contributed by atoms with Gasteiger partial charge in [-0.15, -0.1) is 0 Å². The average Bonchev–Trinajstić information content (AvgIpc) is 2.92. The molecule has 0 aromatic heterocycles. The van der Waals surface area contributed by atoms with Crippen LogP contribution in [0.1, 0.15) is 12.6 Å². The van der Waals surface area contributed by atoms with Gasteiger partial charge in [-0.3, -0.25) is 14.1 Å². The minimum Gasteiger partial charge on any atom is -1.00 e. The van der Waals surface area contributed by atoms with E-state index in [1.165, 1.54) is 6.07 Å². The van der Waals surface area contributed by atoms with Gasteiger partial charge >= 0.3 is 29.6 Å². The molecule has 0 saturated heterocycles. The second-order valence-corrected chi connectivity index (χ2v) is 9.55. The zero-order valence-corrected chi connectivity index (χ0v) is 24.3. The molecule has 0 unspecified atom stereocenters. The van der Waals surface area contributed by atoms with E-state index in [1.807, 2.05) is 12.1 Å². The Morgan fingerprint density at radius 2 is 1.18 bits per heavy atom. The number of methoxy groups -OCH3 is 2. The molecule has 4 aromatic carbocycles. The van der Waals surface area contributed by atoms with Gasteiger partial charge in [-0.1, -0.05) is 30.3 Å². The van der Waals surface area contributed by atoms with E-state index in [1.54, 1.807) is 50.6 Å². The number of fused-ring (bicyclic) bond motifs is 1. The monoisotopic (exact) mass is 560 g/mol. The van der Waals surface area contributed by atoms with E-state index in [4.69, 9.17) is 9.47 Å². The van der Waals surface area contributed by atoms with Crippen LogP contribution < -0.4 is 71.5 Å². The Morgan fingerprint density at radius 1 is 0.744 bits per heavy atom. The summed E-state index contributed by atoms with van der Waals surface area (Å²) in [5, 5.41) is 7.96. The van der Waals surface area contributed by atoms with Gasteiger partial charge in [0.25, 0.3) is 21.0 Å². The van der Waals surface area contributed by atoms with E-state index in [0.29, 0.717) is 11.5 Å². The van der Waals surface area contributed by atoms with Crippen LogP contribution >= 0.6 is 0 Å². The molecule has 11 nitrogen and oxygen atoms in total. The fourth-order valence-corrected chi connectivity index (χ4v) is 4.18. The summed E-state index contributed by atoms with van der Waals surface area (Å²) in [7, 11) is -1.48. The van der Waals surface area contributed by atoms with Gasteiger partial charge in [-0.25, -0.2) is 0 Å². The van der Waals surface area contributed by atoms with Crippen molar-refractivity contribution in [1.29, 1.82) is 0 Å². The molecule has 0 radical (unpaired) electrons. The summed E-state index contributed by atoms with van der Waals surface area (Å²) in [4.78, 5) is 25.5. The van der Waals surface area contributed by atoms with Crippen molar-refractivity contribution < 1.29 is 53.4 Å². The molecule has 0 bridgehead atoms. The van der Waals surface area contributed by atoms with Crippen molar-refractivity contribution in [3.8, 4) is 11.5 Å². The zero-order valence-electron chi connectivity index (χ0n) is 22.5. The Hall–Kier alpha value is -3.55. The molecular formula is C26H25N4NaO7S. The molecule has 4 aromatic rings. The Bertz CT molecular complexity index is 1810. The minimum atomic E-state index is -4.59. The van der Waals surface area contributed by atoms with E-state index in [2.05, 4.69) is 21.1 Å². The standard InChI is InChI=1S/C26H24N4O7S.Na.H/c1-36-18-7-3-16(4-8-18)14-27-29-23-21-12-11-20(38(33,34)35)13-22(21)24(26(32)25(23)31)30-28-15-17-5-9-19(37-2)10-6-17;;/h3-13,27-28H,14-15H2,1-2H3,(H,33,34,35);;/q;+1;-1. The number of benzene rings is 4. The van der Waals surface area contributed by atoms with Crippen LogP contribution in [-0.2, 0) is 23.2 Å². The van der Waals surface area contributed by atoms with Gasteiger partial charge in [-0.05, 0) is 47.5 Å². The predicted octanol–water partition coefficient (Wildman–Crippen LogP) is -1.97. The number of hydrogen-bond donors (Lipinski definition) is 3. The van der Waals surface area contributed by atoms with Crippen LogP contribution in [0.25, 0.3) is 10.8 Å². The quantitative estimate of drug-likeness (QED) is 0.0915. The summed E-state index contributed by atoms with van der Waals surface area (Å²) in [6, 6.07) is 17.8. The molecule has 0 saturated carbocycles. The summed E-state index contributed by atoms with van der Waals surface area (Å²) < 4.78 is 43.3. The number of nitrogens with one attached hydrogen (secondary N) is 2. The second kappa shape index (κ2) is 13.0. The van der Waals surface area contributed by atoms with Gasteiger partial charge < -0.3 is 21.8 Å². The third-order valence-corrected chi connectivity index (χ3v) is 6.55. The predicted molar refractivity (Wildman–Crippen MR) is 141 cm³/mol. The molecule has 13 heteroatoms. The smallest absolute Gasteiger partial charge is 1.00 e. The van der Waals surface area contributed by atoms with E-state index < -0.39 is 25.9 Å². The summed E-state index contributed by atoms with van der Waals surface area (Å²) in [5.74, 6) is 1.36. The van der Waals surface area contributed by atoms with E-state index in [-0.39, 0.29) is 65.6 Å². The first-order valence-corrected chi connectivity index (χ1v) is 12.7. The van der Waals surface area contributed by atoms with Crippen LogP contribution in [-0.4, -0.2) is 27.2 Å². The molecule has 4 rings (SSSR count). The molecule has 0 amide bonds. The fraction of sp³-hybridized carbons (Fsp3) is 0.154. The molecule has 0 spiro atoms. The van der Waals surface area contributed by atoms with Crippen molar-refractivity contribution in [2.75, 3.05) is 14.2 Å². The molecule has 0 atom stereocenters. The van der Waals surface area contributed by atoms with Gasteiger partial charge in [0, 0.05) is 10.8 Å². The van der Waals surface area contributed by atoms with Crippen molar-refractivity contribution in [3.63, 3.8) is 0 Å². The molecule has 0 aliphatic carbocycles. The molecule has 0 aliphatic rings. The van der Waals surface area contributed by atoms with Crippen LogP contribution in [0.5, 0.6) is 11.5 Å². The second-order valence-electron chi connectivity index (χ2n) is 8.13. The number of ether oxygens (including phenoxy) is 2. The Morgan fingerprint density at radius 3 is 1.59 bits per heavy atom. The van der Waals surface area contributed by atoms with Crippen LogP contribution in [0.2, 0.25) is 0 Å². The third-order valence-electron chi connectivity index (χ3n) is 5.70. The Labute approximate surface area is 247 Å². The average molecular weight is 561 g/mol. The van der Waals surface area contributed by atoms with Crippen molar-refractivity contribution >= 4 is 20.9 Å². The molecular weight excluding hydrogens is 535 g/mol. The Kier molecular flexibility index (Phi) is 10.0. The number of hydrogen-bond acceptors (Lipinski definition) is 10. The van der Waals surface area contributed by atoms with Crippen LogP contribution in [0.15, 0.2) is 91.4 Å². The van der Waals surface area contributed by atoms with Crippen molar-refractivity contribution in [3.05, 3.63) is 109 Å². The maximum atomic E-state index is 13.0. The summed E-state index contributed by atoms with van der Waals surface area (Å²) in [6.45, 7) is 0.463. The maximum absolute atomic E-state index is 13.0. The van der Waals surface area contributed by atoms with Crippen LogP contribution in [0.3, 0.4) is 0 Å². The van der Waals surface area contributed by atoms with Crippen LogP contribution in [0.4, 0.5) is 0 Å². The van der Waals surface area contributed by atoms with Gasteiger partial charge in [0.2, 0.25) is 0 Å². The summed E-state index contributed by atoms with van der Waals surface area (Å²) in [5.41, 5.74) is 5.30. The molecule has 0 heterocycles. The molecule has 0 aliphatic heterocycles. The normalized spacial score (nSPS) is 12.2. The molecule has 39 heavy (non-hydrogen) atoms. The summed E-state index contributed by atoms with van der Waals surface area (Å²) in [6.07, 6.45) is 0. The van der Waals surface area contributed by atoms with E-state index >= 15 is 0 Å². The number of nitrogens with zero attached hydrogens (tertiary/aromatic N) is 2. The Balaban J connectivity index is 0.00000280. The van der Waals surface area contributed by atoms with Crippen molar-refractivity contribution in [1.82, 2.24) is 10.9 Å². The summed E-state index contributed by atoms with van der Waals surface area (Å²) >= 11 is 0. The van der Waals surface area contributed by atoms with Gasteiger partial charge in [0.15, 0.2) is 0 Å². The topological polar surface area (TPSA) is 156 Å². The van der Waals surface area contributed by atoms with E-state index in [9.17, 15) is 22.6 Å². The first-order valence-electron chi connectivity index (χ1n) is 11.3.